The van der Waals surface area contributed by atoms with Gasteiger partial charge in [-0.05, 0) is 12.1 Å². The Balaban J connectivity index is 1.86. The van der Waals surface area contributed by atoms with Gasteiger partial charge in [0.15, 0.2) is 0 Å². The average Bonchev–Trinajstić information content (AvgIpc) is 2.52. The normalized spacial score (nSPS) is 18.4. The van der Waals surface area contributed by atoms with Crippen molar-refractivity contribution in [2.24, 2.45) is 0 Å². The molecule has 2 rings (SSSR count). The van der Waals surface area contributed by atoms with Crippen LogP contribution in [0.5, 0.6) is 0 Å². The van der Waals surface area contributed by atoms with Gasteiger partial charge in [-0.15, -0.1) is 0 Å². The van der Waals surface area contributed by atoms with Crippen molar-refractivity contribution in [3.63, 3.8) is 0 Å². The molecule has 2 N–H and O–H groups in total. The molecule has 6 nitrogen and oxygen atoms in total. The van der Waals surface area contributed by atoms with Gasteiger partial charge in [0.2, 0.25) is 5.91 Å². The molecular weight excluding hydrogens is 296 g/mol. The maximum Gasteiger partial charge on any atom is 0.253 e. The van der Waals surface area contributed by atoms with Gasteiger partial charge in [-0.3, -0.25) is 9.59 Å². The summed E-state index contributed by atoms with van der Waals surface area (Å²) < 4.78 is 5.27. The SMILES string of the molecule is O=C(NCC(=O)N1CCOC(CO)C1)c1ccccc1Cl. The smallest absolute Gasteiger partial charge is 0.253 e. The van der Waals surface area contributed by atoms with E-state index in [2.05, 4.69) is 5.32 Å². The molecule has 0 aromatic heterocycles. The highest BCUT2D eigenvalue weighted by molar-refractivity contribution is 6.33. The van der Waals surface area contributed by atoms with Crippen LogP contribution in [0.1, 0.15) is 10.4 Å². The minimum atomic E-state index is -0.388. The third kappa shape index (κ3) is 4.17. The lowest BCUT2D eigenvalue weighted by Crippen LogP contribution is -2.49. The summed E-state index contributed by atoms with van der Waals surface area (Å²) in [4.78, 5) is 25.5. The Kier molecular flexibility index (Phi) is 5.55. The number of amides is 2. The number of carbonyl (C=O) groups is 2. The number of nitrogens with zero attached hydrogens (tertiary/aromatic N) is 1. The van der Waals surface area contributed by atoms with Gasteiger partial charge in [0.05, 0.1) is 36.4 Å². The lowest BCUT2D eigenvalue weighted by atomic mass is 10.2. The van der Waals surface area contributed by atoms with Crippen LogP contribution >= 0.6 is 11.6 Å². The number of carbonyl (C=O) groups excluding carboxylic acids is 2. The fraction of sp³-hybridized carbons (Fsp3) is 0.429. The van der Waals surface area contributed by atoms with E-state index in [9.17, 15) is 9.59 Å². The highest BCUT2D eigenvalue weighted by atomic mass is 35.5. The average molecular weight is 313 g/mol. The molecule has 1 saturated heterocycles. The number of benzene rings is 1. The number of aliphatic hydroxyl groups is 1. The Hall–Kier alpha value is -1.63. The van der Waals surface area contributed by atoms with Crippen molar-refractivity contribution in [3.05, 3.63) is 34.9 Å². The van der Waals surface area contributed by atoms with Crippen LogP contribution in [0, 0.1) is 0 Å². The van der Waals surface area contributed by atoms with E-state index in [1.165, 1.54) is 0 Å². The molecule has 0 bridgehead atoms. The lowest BCUT2D eigenvalue weighted by Gasteiger charge is -2.32. The minimum absolute atomic E-state index is 0.109. The number of hydrogen-bond acceptors (Lipinski definition) is 4. The number of hydrogen-bond donors (Lipinski definition) is 2. The van der Waals surface area contributed by atoms with Crippen molar-refractivity contribution < 1.29 is 19.4 Å². The molecule has 1 aromatic rings. The summed E-state index contributed by atoms with van der Waals surface area (Å²) >= 11 is 5.92. The number of halogens is 1. The number of morpholine rings is 1. The topological polar surface area (TPSA) is 78.9 Å². The number of rotatable bonds is 4. The molecule has 1 atom stereocenters. The molecule has 1 aliphatic heterocycles. The van der Waals surface area contributed by atoms with E-state index in [1.807, 2.05) is 0 Å². The molecule has 1 aromatic carbocycles. The van der Waals surface area contributed by atoms with Gasteiger partial charge in [0, 0.05) is 13.1 Å². The van der Waals surface area contributed by atoms with Crippen molar-refractivity contribution in [1.29, 1.82) is 0 Å². The van der Waals surface area contributed by atoms with E-state index in [0.717, 1.165) is 0 Å². The first-order valence-electron chi connectivity index (χ1n) is 6.64. The monoisotopic (exact) mass is 312 g/mol. The zero-order chi connectivity index (χ0) is 15.2. The molecule has 0 spiro atoms. The van der Waals surface area contributed by atoms with E-state index in [4.69, 9.17) is 21.4 Å². The highest BCUT2D eigenvalue weighted by Crippen LogP contribution is 2.14. The lowest BCUT2D eigenvalue weighted by molar-refractivity contribution is -0.139. The Bertz CT molecular complexity index is 523. The second kappa shape index (κ2) is 7.40. The summed E-state index contributed by atoms with van der Waals surface area (Å²) in [6.45, 7) is 0.933. The second-order valence-electron chi connectivity index (χ2n) is 4.68. The zero-order valence-electron chi connectivity index (χ0n) is 11.4. The zero-order valence-corrected chi connectivity index (χ0v) is 12.2. The molecular formula is C14H17ClN2O4. The molecule has 1 unspecified atom stereocenters. The first-order valence-corrected chi connectivity index (χ1v) is 7.02. The fourth-order valence-corrected chi connectivity index (χ4v) is 2.29. The summed E-state index contributed by atoms with van der Waals surface area (Å²) in [5.74, 6) is -0.599. The predicted molar refractivity (Wildman–Crippen MR) is 77.2 cm³/mol. The molecule has 0 saturated carbocycles. The van der Waals surface area contributed by atoms with Crippen LogP contribution in [0.25, 0.3) is 0 Å². The second-order valence-corrected chi connectivity index (χ2v) is 5.08. The Morgan fingerprint density at radius 1 is 1.43 bits per heavy atom. The predicted octanol–water partition coefficient (Wildman–Crippen LogP) is 0.290. The summed E-state index contributed by atoms with van der Waals surface area (Å²) in [5.41, 5.74) is 0.335. The molecule has 114 valence electrons. The summed E-state index contributed by atoms with van der Waals surface area (Å²) in [5, 5.41) is 11.9. The highest BCUT2D eigenvalue weighted by Gasteiger charge is 2.23. The van der Waals surface area contributed by atoms with Crippen LogP contribution in [0.3, 0.4) is 0 Å². The van der Waals surface area contributed by atoms with Crippen LogP contribution in [0.15, 0.2) is 24.3 Å². The summed E-state index contributed by atoms with van der Waals surface area (Å²) in [6.07, 6.45) is -0.359. The van der Waals surface area contributed by atoms with Crippen molar-refractivity contribution in [2.75, 3.05) is 32.8 Å². The van der Waals surface area contributed by atoms with Crippen molar-refractivity contribution >= 4 is 23.4 Å². The molecule has 1 heterocycles. The molecule has 7 heteroatoms. The van der Waals surface area contributed by atoms with Gasteiger partial charge >= 0.3 is 0 Å². The van der Waals surface area contributed by atoms with Crippen LogP contribution < -0.4 is 5.32 Å². The molecule has 1 aliphatic rings. The van der Waals surface area contributed by atoms with Crippen molar-refractivity contribution in [2.45, 2.75) is 6.10 Å². The van der Waals surface area contributed by atoms with E-state index in [0.29, 0.717) is 30.3 Å². The van der Waals surface area contributed by atoms with Gasteiger partial charge in [-0.2, -0.15) is 0 Å². The van der Waals surface area contributed by atoms with E-state index < -0.39 is 0 Å². The maximum absolute atomic E-state index is 12.0. The van der Waals surface area contributed by atoms with Gasteiger partial charge in [-0.25, -0.2) is 0 Å². The van der Waals surface area contributed by atoms with E-state index in [1.54, 1.807) is 29.2 Å². The molecule has 0 radical (unpaired) electrons. The van der Waals surface area contributed by atoms with Crippen LogP contribution in [-0.2, 0) is 9.53 Å². The van der Waals surface area contributed by atoms with E-state index >= 15 is 0 Å². The molecule has 1 fully saturated rings. The first-order chi connectivity index (χ1) is 10.1. The third-order valence-electron chi connectivity index (χ3n) is 3.21. The minimum Gasteiger partial charge on any atom is -0.394 e. The molecule has 2 amide bonds. The van der Waals surface area contributed by atoms with Gasteiger partial charge < -0.3 is 20.1 Å². The third-order valence-corrected chi connectivity index (χ3v) is 3.54. The fourth-order valence-electron chi connectivity index (χ4n) is 2.06. The van der Waals surface area contributed by atoms with Gasteiger partial charge in [0.1, 0.15) is 0 Å². The van der Waals surface area contributed by atoms with Gasteiger partial charge in [-0.1, -0.05) is 23.7 Å². The van der Waals surface area contributed by atoms with E-state index in [-0.39, 0.29) is 31.1 Å². The van der Waals surface area contributed by atoms with Gasteiger partial charge in [0.25, 0.3) is 5.91 Å². The Morgan fingerprint density at radius 2 is 2.19 bits per heavy atom. The van der Waals surface area contributed by atoms with Crippen LogP contribution in [0.4, 0.5) is 0 Å². The number of nitrogens with one attached hydrogen (secondary N) is 1. The molecule has 0 aliphatic carbocycles. The summed E-state index contributed by atoms with van der Waals surface area (Å²) in [6, 6.07) is 6.65. The van der Waals surface area contributed by atoms with Crippen molar-refractivity contribution in [1.82, 2.24) is 10.2 Å². The number of aliphatic hydroxyl groups excluding tert-OH is 1. The first kappa shape index (κ1) is 15.8. The van der Waals surface area contributed by atoms with Crippen LogP contribution in [0.2, 0.25) is 5.02 Å². The quantitative estimate of drug-likeness (QED) is 0.837. The maximum atomic E-state index is 12.0. The molecule has 21 heavy (non-hydrogen) atoms. The Morgan fingerprint density at radius 3 is 2.90 bits per heavy atom. The standard InChI is InChI=1S/C14H17ClN2O4/c15-12-4-2-1-3-11(12)14(20)16-7-13(19)17-5-6-21-10(8-17)9-18/h1-4,10,18H,5-9H2,(H,16,20). The van der Waals surface area contributed by atoms with Crippen molar-refractivity contribution in [3.8, 4) is 0 Å². The Labute approximate surface area is 127 Å². The van der Waals surface area contributed by atoms with Crippen LogP contribution in [-0.4, -0.2) is 60.8 Å². The largest absolute Gasteiger partial charge is 0.394 e. The summed E-state index contributed by atoms with van der Waals surface area (Å²) in [7, 11) is 0. The number of ether oxygens (including phenoxy) is 1.